The van der Waals surface area contributed by atoms with Gasteiger partial charge in [-0.1, -0.05) is 50.1 Å². The molecule has 2 heterocycles. The van der Waals surface area contributed by atoms with Crippen LogP contribution in [0, 0.1) is 6.92 Å². The molecule has 3 aliphatic rings. The fraction of sp³-hybridized carbons (Fsp3) is 0.586. The molecule has 1 fully saturated rings. The first-order valence-electron chi connectivity index (χ1n) is 12.6. The summed E-state index contributed by atoms with van der Waals surface area (Å²) in [6, 6.07) is 5.60. The van der Waals surface area contributed by atoms with Crippen molar-refractivity contribution in [3.8, 4) is 0 Å². The molecule has 174 valence electrons. The lowest BCUT2D eigenvalue weighted by Crippen LogP contribution is -2.50. The lowest BCUT2D eigenvalue weighted by molar-refractivity contribution is 0.246. The first kappa shape index (κ1) is 24.1. The average molecular weight is 468 g/mol. The highest BCUT2D eigenvalue weighted by Crippen LogP contribution is 2.46. The molecule has 2 aliphatic heterocycles. The van der Waals surface area contributed by atoms with E-state index in [-0.39, 0.29) is 0 Å². The van der Waals surface area contributed by atoms with E-state index in [1.807, 2.05) is 0 Å². The Morgan fingerprint density at radius 1 is 1.16 bits per heavy atom. The van der Waals surface area contributed by atoms with Gasteiger partial charge in [-0.2, -0.15) is 24.4 Å². The molecular formula is C29H41NS2. The van der Waals surface area contributed by atoms with E-state index in [1.165, 1.54) is 68.3 Å². The topological polar surface area (TPSA) is 3.24 Å². The fourth-order valence-electron chi connectivity index (χ4n) is 5.99. The predicted octanol–water partition coefficient (Wildman–Crippen LogP) is 8.35. The maximum absolute atomic E-state index is 4.74. The van der Waals surface area contributed by atoms with E-state index in [4.69, 9.17) is 12.6 Å². The highest BCUT2D eigenvalue weighted by Gasteiger charge is 2.45. The third kappa shape index (κ3) is 4.89. The van der Waals surface area contributed by atoms with Crippen molar-refractivity contribution in [1.82, 2.24) is 4.90 Å². The predicted molar refractivity (Wildman–Crippen MR) is 146 cm³/mol. The Morgan fingerprint density at radius 3 is 2.69 bits per heavy atom. The minimum Gasteiger partial charge on any atom is -0.343 e. The number of unbranched alkanes of at least 4 members (excludes halogenated alkanes) is 2. The van der Waals surface area contributed by atoms with Gasteiger partial charge < -0.3 is 4.90 Å². The van der Waals surface area contributed by atoms with Gasteiger partial charge in [0.25, 0.3) is 0 Å². The van der Waals surface area contributed by atoms with E-state index in [0.29, 0.717) is 17.2 Å². The third-order valence-corrected chi connectivity index (χ3v) is 9.46. The second kappa shape index (κ2) is 10.5. The Balaban J connectivity index is 1.51. The summed E-state index contributed by atoms with van der Waals surface area (Å²) in [6.45, 7) is 13.5. The summed E-state index contributed by atoms with van der Waals surface area (Å²) in [6.07, 6.45) is 12.8. The molecule has 32 heavy (non-hydrogen) atoms. The zero-order valence-electron chi connectivity index (χ0n) is 20.5. The first-order valence-corrected chi connectivity index (χ1v) is 14.3. The minimum atomic E-state index is 0.350. The van der Waals surface area contributed by atoms with Crippen LogP contribution in [-0.4, -0.2) is 21.9 Å². The van der Waals surface area contributed by atoms with Gasteiger partial charge in [-0.3, -0.25) is 0 Å². The van der Waals surface area contributed by atoms with Crippen molar-refractivity contribution < 1.29 is 0 Å². The number of hydrogen-bond donors (Lipinski definition) is 1. The molecule has 0 aromatic heterocycles. The molecule has 0 amide bonds. The number of fused-ring (bicyclic) bond motifs is 1. The molecule has 1 aromatic carbocycles. The molecule has 1 aliphatic carbocycles. The Morgan fingerprint density at radius 2 is 1.97 bits per heavy atom. The number of benzene rings is 1. The number of nitrogens with zero attached hydrogens (tertiary/aromatic N) is 1. The fourth-order valence-corrected chi connectivity index (χ4v) is 7.48. The molecule has 3 unspecified atom stereocenters. The lowest BCUT2D eigenvalue weighted by Gasteiger charge is -2.46. The van der Waals surface area contributed by atoms with Gasteiger partial charge in [-0.25, -0.2) is 0 Å². The second-order valence-corrected chi connectivity index (χ2v) is 11.8. The van der Waals surface area contributed by atoms with Crippen LogP contribution in [-0.2, 0) is 12.2 Å². The van der Waals surface area contributed by atoms with Crippen LogP contribution in [0.4, 0.5) is 0 Å². The summed E-state index contributed by atoms with van der Waals surface area (Å²) >= 11 is 6.85. The average Bonchev–Trinajstić information content (AvgIpc) is 3.06. The molecule has 0 spiro atoms. The van der Waals surface area contributed by atoms with Crippen molar-refractivity contribution in [3.63, 3.8) is 0 Å². The van der Waals surface area contributed by atoms with Crippen molar-refractivity contribution in [1.29, 1.82) is 0 Å². The first-order chi connectivity index (χ1) is 15.4. The molecule has 3 atom stereocenters. The van der Waals surface area contributed by atoms with Crippen LogP contribution in [0.2, 0.25) is 0 Å². The smallest absolute Gasteiger partial charge is 0.0624 e. The molecule has 3 heteroatoms. The number of thioether (sulfide) groups is 1. The Labute approximate surface area is 206 Å². The summed E-state index contributed by atoms with van der Waals surface area (Å²) in [7, 11) is 0. The van der Waals surface area contributed by atoms with Gasteiger partial charge in [-0.05, 0) is 87.1 Å². The van der Waals surface area contributed by atoms with Gasteiger partial charge in [-0.15, -0.1) is 0 Å². The highest BCUT2D eigenvalue weighted by atomic mass is 32.2. The number of rotatable bonds is 9. The van der Waals surface area contributed by atoms with Gasteiger partial charge >= 0.3 is 0 Å². The third-order valence-electron chi connectivity index (χ3n) is 7.75. The van der Waals surface area contributed by atoms with E-state index >= 15 is 0 Å². The SMILES string of the molecule is C=C1C(S)C2CC(CSCc3cc(CCCCC)cc(C)c3C3C=C(C)CCC3)=C(C)N12. The minimum absolute atomic E-state index is 0.350. The summed E-state index contributed by atoms with van der Waals surface area (Å²) in [4.78, 5) is 2.42. The molecule has 4 rings (SSSR count). The van der Waals surface area contributed by atoms with E-state index in [1.54, 1.807) is 27.8 Å². The Hall–Kier alpha value is -1.06. The van der Waals surface area contributed by atoms with Gasteiger partial charge in [0.15, 0.2) is 0 Å². The molecule has 0 bridgehead atoms. The number of hydrogen-bond acceptors (Lipinski definition) is 3. The van der Waals surface area contributed by atoms with Crippen LogP contribution in [0.25, 0.3) is 0 Å². The molecule has 1 nitrogen and oxygen atoms in total. The number of allylic oxidation sites excluding steroid dienone is 3. The van der Waals surface area contributed by atoms with Crippen LogP contribution in [0.15, 0.2) is 47.3 Å². The van der Waals surface area contributed by atoms with E-state index in [9.17, 15) is 0 Å². The van der Waals surface area contributed by atoms with Crippen molar-refractivity contribution >= 4 is 24.4 Å². The summed E-state index contributed by atoms with van der Waals surface area (Å²) in [5.41, 5.74) is 12.1. The maximum atomic E-state index is 4.74. The highest BCUT2D eigenvalue weighted by molar-refractivity contribution is 7.98. The summed E-state index contributed by atoms with van der Waals surface area (Å²) in [5.74, 6) is 2.85. The van der Waals surface area contributed by atoms with Crippen LogP contribution < -0.4 is 0 Å². The van der Waals surface area contributed by atoms with Crippen LogP contribution in [0.1, 0.15) is 93.9 Å². The van der Waals surface area contributed by atoms with Crippen LogP contribution in [0.3, 0.4) is 0 Å². The molecule has 0 N–H and O–H groups in total. The molecule has 0 radical (unpaired) electrons. The number of aryl methyl sites for hydroxylation is 2. The quantitative estimate of drug-likeness (QED) is 0.221. The van der Waals surface area contributed by atoms with Crippen molar-refractivity contribution in [2.45, 2.75) is 102 Å². The normalized spacial score (nSPS) is 25.2. The molecule has 1 aromatic rings. The van der Waals surface area contributed by atoms with Crippen molar-refractivity contribution in [2.24, 2.45) is 0 Å². The monoisotopic (exact) mass is 467 g/mol. The molecular weight excluding hydrogens is 426 g/mol. The standard InChI is InChI=1S/C29H41NS2/c1-6-7-8-11-23-14-20(3)28(24-12-9-10-19(2)13-24)26(15-23)18-32-17-25-16-27-29(31)22(5)30(27)21(25)4/h13-15,24,27,29,31H,5-12,16-18H2,1-4H3. The van der Waals surface area contributed by atoms with Crippen LogP contribution in [0.5, 0.6) is 0 Å². The van der Waals surface area contributed by atoms with Crippen LogP contribution >= 0.6 is 24.4 Å². The van der Waals surface area contributed by atoms with E-state index in [2.05, 4.69) is 69.1 Å². The van der Waals surface area contributed by atoms with Crippen molar-refractivity contribution in [2.75, 3.05) is 5.75 Å². The van der Waals surface area contributed by atoms with Crippen molar-refractivity contribution in [3.05, 3.63) is 69.6 Å². The lowest BCUT2D eigenvalue weighted by atomic mass is 9.81. The Kier molecular flexibility index (Phi) is 7.88. The van der Waals surface area contributed by atoms with E-state index in [0.717, 1.165) is 11.5 Å². The number of thiol groups is 1. The van der Waals surface area contributed by atoms with Gasteiger partial charge in [0.1, 0.15) is 0 Å². The Bertz CT molecular complexity index is 925. The second-order valence-electron chi connectivity index (χ2n) is 10.2. The summed E-state index contributed by atoms with van der Waals surface area (Å²) in [5, 5.41) is 0.350. The zero-order chi connectivity index (χ0) is 22.8. The van der Waals surface area contributed by atoms with Gasteiger partial charge in [0.05, 0.1) is 11.3 Å². The largest absolute Gasteiger partial charge is 0.343 e. The summed E-state index contributed by atoms with van der Waals surface area (Å²) < 4.78 is 0. The molecule has 0 saturated carbocycles. The van der Waals surface area contributed by atoms with E-state index < -0.39 is 0 Å². The maximum Gasteiger partial charge on any atom is 0.0624 e. The van der Waals surface area contributed by atoms with Gasteiger partial charge in [0, 0.05) is 28.8 Å². The van der Waals surface area contributed by atoms with Gasteiger partial charge in [0.2, 0.25) is 0 Å². The molecule has 1 saturated heterocycles. The zero-order valence-corrected chi connectivity index (χ0v) is 22.3.